The molecular weight excluding hydrogens is 284 g/mol. The molecule has 1 rings (SSSR count). The maximum atomic E-state index is 11.8. The zero-order valence-corrected chi connectivity index (χ0v) is 16.2. The first-order valence-corrected chi connectivity index (χ1v) is 8.91. The number of hydrogen-bond acceptors (Lipinski definition) is 2. The Hall–Kier alpha value is -1.31. The second-order valence-electron chi connectivity index (χ2n) is 7.81. The first-order chi connectivity index (χ1) is 10.6. The van der Waals surface area contributed by atoms with Crippen LogP contribution in [0.5, 0.6) is 5.75 Å². The fourth-order valence-corrected chi connectivity index (χ4v) is 2.58. The van der Waals surface area contributed by atoms with E-state index in [1.165, 1.54) is 11.1 Å². The summed E-state index contributed by atoms with van der Waals surface area (Å²) in [5.74, 6) is 0.945. The molecule has 0 aliphatic heterocycles. The zero-order valence-electron chi connectivity index (χ0n) is 16.2. The van der Waals surface area contributed by atoms with Gasteiger partial charge in [-0.05, 0) is 48.6 Å². The monoisotopic (exact) mass is 318 g/mol. The quantitative estimate of drug-likeness (QED) is 0.604. The van der Waals surface area contributed by atoms with Crippen LogP contribution in [-0.2, 0) is 15.6 Å². The molecule has 23 heavy (non-hydrogen) atoms. The van der Waals surface area contributed by atoms with Crippen LogP contribution in [0, 0.1) is 0 Å². The Morgan fingerprint density at radius 3 is 2.04 bits per heavy atom. The SMILES string of the molecule is CCC(Oc1ccc(C(C)(C)CC)cc1C(C)(C)CC)C(C)=O. The van der Waals surface area contributed by atoms with Crippen LogP contribution in [-0.4, -0.2) is 11.9 Å². The van der Waals surface area contributed by atoms with Crippen LogP contribution in [0.4, 0.5) is 0 Å². The predicted molar refractivity (Wildman–Crippen MR) is 98.5 cm³/mol. The van der Waals surface area contributed by atoms with Crippen LogP contribution in [0.3, 0.4) is 0 Å². The highest BCUT2D eigenvalue weighted by Crippen LogP contribution is 2.38. The smallest absolute Gasteiger partial charge is 0.170 e. The van der Waals surface area contributed by atoms with Gasteiger partial charge in [-0.3, -0.25) is 4.79 Å². The predicted octanol–water partition coefficient (Wildman–Crippen LogP) is 5.81. The second kappa shape index (κ2) is 7.51. The molecule has 0 amide bonds. The van der Waals surface area contributed by atoms with Crippen molar-refractivity contribution in [3.8, 4) is 5.75 Å². The molecule has 0 saturated carbocycles. The lowest BCUT2D eigenvalue weighted by molar-refractivity contribution is -0.123. The Kier molecular flexibility index (Phi) is 6.44. The molecule has 130 valence electrons. The van der Waals surface area contributed by atoms with Gasteiger partial charge in [0.2, 0.25) is 0 Å². The number of Topliss-reactive ketones (excluding diaryl/α,β-unsaturated/α-hetero) is 1. The third kappa shape index (κ3) is 4.59. The molecule has 2 nitrogen and oxygen atoms in total. The highest BCUT2D eigenvalue weighted by molar-refractivity contribution is 5.80. The normalized spacial score (nSPS) is 13.7. The van der Waals surface area contributed by atoms with Crippen molar-refractivity contribution in [1.82, 2.24) is 0 Å². The van der Waals surface area contributed by atoms with Gasteiger partial charge in [-0.1, -0.05) is 60.6 Å². The Bertz CT molecular complexity index is 541. The van der Waals surface area contributed by atoms with Crippen molar-refractivity contribution in [2.75, 3.05) is 0 Å². The summed E-state index contributed by atoms with van der Waals surface area (Å²) in [4.78, 5) is 11.8. The lowest BCUT2D eigenvalue weighted by Crippen LogP contribution is -2.27. The fraction of sp³-hybridized carbons (Fsp3) is 0.667. The summed E-state index contributed by atoms with van der Waals surface area (Å²) >= 11 is 0. The van der Waals surface area contributed by atoms with Crippen molar-refractivity contribution in [3.05, 3.63) is 29.3 Å². The Labute approximate surface area is 142 Å². The summed E-state index contributed by atoms with van der Waals surface area (Å²) < 4.78 is 6.10. The number of benzene rings is 1. The number of hydrogen-bond donors (Lipinski definition) is 0. The van der Waals surface area contributed by atoms with Gasteiger partial charge in [-0.25, -0.2) is 0 Å². The van der Waals surface area contributed by atoms with Gasteiger partial charge in [0.15, 0.2) is 11.9 Å². The second-order valence-corrected chi connectivity index (χ2v) is 7.81. The van der Waals surface area contributed by atoms with E-state index in [0.717, 1.165) is 18.6 Å². The molecule has 1 unspecified atom stereocenters. The molecular formula is C21H34O2. The van der Waals surface area contributed by atoms with Crippen LogP contribution in [0.25, 0.3) is 0 Å². The molecule has 0 N–H and O–H groups in total. The minimum absolute atomic E-state index is 0.0181. The highest BCUT2D eigenvalue weighted by Gasteiger charge is 2.28. The van der Waals surface area contributed by atoms with Gasteiger partial charge in [0, 0.05) is 5.56 Å². The van der Waals surface area contributed by atoms with Gasteiger partial charge in [0.05, 0.1) is 0 Å². The Balaban J connectivity index is 3.38. The molecule has 1 atom stereocenters. The minimum atomic E-state index is -0.355. The molecule has 2 heteroatoms. The van der Waals surface area contributed by atoms with E-state index in [4.69, 9.17) is 4.74 Å². The first-order valence-electron chi connectivity index (χ1n) is 8.91. The summed E-state index contributed by atoms with van der Waals surface area (Å²) in [6.07, 6.45) is 2.45. The van der Waals surface area contributed by atoms with Crippen LogP contribution in [0.15, 0.2) is 18.2 Å². The van der Waals surface area contributed by atoms with Crippen molar-refractivity contribution in [2.24, 2.45) is 0 Å². The third-order valence-corrected chi connectivity index (χ3v) is 5.35. The van der Waals surface area contributed by atoms with E-state index < -0.39 is 0 Å². The van der Waals surface area contributed by atoms with Gasteiger partial charge in [0.25, 0.3) is 0 Å². The highest BCUT2D eigenvalue weighted by atomic mass is 16.5. The van der Waals surface area contributed by atoms with Crippen LogP contribution in [0.1, 0.15) is 85.8 Å². The summed E-state index contributed by atoms with van der Waals surface area (Å²) in [6.45, 7) is 17.0. The molecule has 0 aliphatic rings. The van der Waals surface area contributed by atoms with Crippen LogP contribution < -0.4 is 4.74 Å². The third-order valence-electron chi connectivity index (χ3n) is 5.35. The zero-order chi connectivity index (χ0) is 17.8. The number of rotatable bonds is 8. The lowest BCUT2D eigenvalue weighted by Gasteiger charge is -2.31. The van der Waals surface area contributed by atoms with E-state index in [1.54, 1.807) is 6.92 Å². The molecule has 1 aromatic rings. The van der Waals surface area contributed by atoms with E-state index in [-0.39, 0.29) is 22.7 Å². The van der Waals surface area contributed by atoms with E-state index >= 15 is 0 Å². The van der Waals surface area contributed by atoms with E-state index in [9.17, 15) is 4.79 Å². The number of ether oxygens (including phenoxy) is 1. The summed E-state index contributed by atoms with van der Waals surface area (Å²) in [5.41, 5.74) is 2.70. The lowest BCUT2D eigenvalue weighted by atomic mass is 9.76. The standard InChI is InChI=1S/C21H34O2/c1-9-18(15(4)22)23-19-13-12-16(20(5,6)10-2)14-17(19)21(7,8)11-3/h12-14,18H,9-11H2,1-8H3. The van der Waals surface area contributed by atoms with Crippen molar-refractivity contribution < 1.29 is 9.53 Å². The number of carbonyl (C=O) groups excluding carboxylic acids is 1. The van der Waals surface area contributed by atoms with Crippen molar-refractivity contribution in [2.45, 2.75) is 91.6 Å². The maximum Gasteiger partial charge on any atom is 0.170 e. The van der Waals surface area contributed by atoms with E-state index in [1.807, 2.05) is 6.92 Å². The van der Waals surface area contributed by atoms with Gasteiger partial charge >= 0.3 is 0 Å². The Morgan fingerprint density at radius 1 is 1.04 bits per heavy atom. The molecule has 0 spiro atoms. The van der Waals surface area contributed by atoms with Crippen molar-refractivity contribution >= 4 is 5.78 Å². The molecule has 0 radical (unpaired) electrons. The number of carbonyl (C=O) groups is 1. The molecule has 0 heterocycles. The average molecular weight is 319 g/mol. The van der Waals surface area contributed by atoms with Crippen LogP contribution >= 0.6 is 0 Å². The van der Waals surface area contributed by atoms with Gasteiger partial charge < -0.3 is 4.74 Å². The van der Waals surface area contributed by atoms with Gasteiger partial charge in [0.1, 0.15) is 5.75 Å². The molecule has 0 bridgehead atoms. The van der Waals surface area contributed by atoms with E-state index in [2.05, 4.69) is 59.7 Å². The minimum Gasteiger partial charge on any atom is -0.482 e. The van der Waals surface area contributed by atoms with Crippen molar-refractivity contribution in [3.63, 3.8) is 0 Å². The molecule has 0 fully saturated rings. The summed E-state index contributed by atoms with van der Waals surface area (Å²) in [7, 11) is 0. The van der Waals surface area contributed by atoms with Gasteiger partial charge in [-0.2, -0.15) is 0 Å². The largest absolute Gasteiger partial charge is 0.482 e. The van der Waals surface area contributed by atoms with Crippen molar-refractivity contribution in [1.29, 1.82) is 0 Å². The molecule has 0 saturated heterocycles. The summed E-state index contributed by atoms with van der Waals surface area (Å²) in [5, 5.41) is 0. The number of ketones is 1. The van der Waals surface area contributed by atoms with E-state index in [0.29, 0.717) is 6.42 Å². The first kappa shape index (κ1) is 19.7. The maximum absolute atomic E-state index is 11.8. The Morgan fingerprint density at radius 2 is 1.61 bits per heavy atom. The average Bonchev–Trinajstić information content (AvgIpc) is 2.51. The molecule has 1 aromatic carbocycles. The molecule has 0 aromatic heterocycles. The fourth-order valence-electron chi connectivity index (χ4n) is 2.58. The van der Waals surface area contributed by atoms with Gasteiger partial charge in [-0.15, -0.1) is 0 Å². The van der Waals surface area contributed by atoms with Crippen LogP contribution in [0.2, 0.25) is 0 Å². The topological polar surface area (TPSA) is 26.3 Å². The molecule has 0 aliphatic carbocycles. The summed E-state index contributed by atoms with van der Waals surface area (Å²) in [6, 6.07) is 6.50.